The van der Waals surface area contributed by atoms with Gasteiger partial charge in [0.2, 0.25) is 5.91 Å². The van der Waals surface area contributed by atoms with Gasteiger partial charge in [0.25, 0.3) is 6.43 Å². The summed E-state index contributed by atoms with van der Waals surface area (Å²) >= 11 is 0. The Morgan fingerprint density at radius 3 is 2.62 bits per heavy atom. The molecule has 16 heavy (non-hydrogen) atoms. The monoisotopic (exact) mass is 236 g/mol. The van der Waals surface area contributed by atoms with Crippen LogP contribution >= 0.6 is 0 Å². The highest BCUT2D eigenvalue weighted by Gasteiger charge is 2.20. The summed E-state index contributed by atoms with van der Waals surface area (Å²) in [6.07, 6.45) is -2.34. The molecular weight excluding hydrogens is 218 g/mol. The molecule has 1 saturated heterocycles. The largest absolute Gasteiger partial charge is 0.385 e. The van der Waals surface area contributed by atoms with E-state index in [0.29, 0.717) is 12.3 Å². The van der Waals surface area contributed by atoms with Gasteiger partial charge < -0.3 is 15.7 Å². The standard InChI is InChI=1S/C10H18F2N2O2/c11-10(12)8(15)6-14-9(16)5-7-1-3-13-4-2-7/h7-8,10,13,15H,1-6H2,(H,14,16). The molecule has 1 fully saturated rings. The van der Waals surface area contributed by atoms with Crippen LogP contribution in [0.3, 0.4) is 0 Å². The molecule has 0 spiro atoms. The number of rotatable bonds is 5. The second kappa shape index (κ2) is 6.75. The summed E-state index contributed by atoms with van der Waals surface area (Å²) < 4.78 is 23.9. The number of hydrogen-bond acceptors (Lipinski definition) is 3. The van der Waals surface area contributed by atoms with Crippen LogP contribution < -0.4 is 10.6 Å². The molecule has 1 unspecified atom stereocenters. The Labute approximate surface area is 93.4 Å². The van der Waals surface area contributed by atoms with Crippen LogP contribution in [0.2, 0.25) is 0 Å². The van der Waals surface area contributed by atoms with E-state index in [1.165, 1.54) is 0 Å². The Morgan fingerprint density at radius 1 is 1.44 bits per heavy atom. The summed E-state index contributed by atoms with van der Waals surface area (Å²) in [4.78, 5) is 11.4. The van der Waals surface area contributed by atoms with Gasteiger partial charge in [-0.1, -0.05) is 0 Å². The van der Waals surface area contributed by atoms with Crippen molar-refractivity contribution in [2.24, 2.45) is 5.92 Å². The van der Waals surface area contributed by atoms with E-state index >= 15 is 0 Å². The second-order valence-electron chi connectivity index (χ2n) is 4.10. The van der Waals surface area contributed by atoms with Crippen LogP contribution in [0.1, 0.15) is 19.3 Å². The van der Waals surface area contributed by atoms with Crippen LogP contribution in [0.15, 0.2) is 0 Å². The zero-order chi connectivity index (χ0) is 12.0. The zero-order valence-electron chi connectivity index (χ0n) is 9.09. The zero-order valence-corrected chi connectivity index (χ0v) is 9.09. The van der Waals surface area contributed by atoms with Gasteiger partial charge in [0.15, 0.2) is 0 Å². The molecule has 0 aromatic heterocycles. The molecule has 0 radical (unpaired) electrons. The van der Waals surface area contributed by atoms with Crippen LogP contribution in [-0.4, -0.2) is 43.2 Å². The van der Waals surface area contributed by atoms with Crippen molar-refractivity contribution in [3.05, 3.63) is 0 Å². The van der Waals surface area contributed by atoms with Crippen molar-refractivity contribution in [2.45, 2.75) is 31.8 Å². The van der Waals surface area contributed by atoms with Crippen molar-refractivity contribution in [3.63, 3.8) is 0 Å². The predicted molar refractivity (Wildman–Crippen MR) is 55.2 cm³/mol. The maximum atomic E-state index is 11.9. The second-order valence-corrected chi connectivity index (χ2v) is 4.10. The van der Waals surface area contributed by atoms with Gasteiger partial charge >= 0.3 is 0 Å². The third-order valence-corrected chi connectivity index (χ3v) is 2.73. The number of aliphatic hydroxyl groups excluding tert-OH is 1. The van der Waals surface area contributed by atoms with E-state index in [0.717, 1.165) is 25.9 Å². The van der Waals surface area contributed by atoms with Crippen LogP contribution in [0.4, 0.5) is 8.78 Å². The maximum absolute atomic E-state index is 11.9. The van der Waals surface area contributed by atoms with Crippen LogP contribution in [0.25, 0.3) is 0 Å². The predicted octanol–water partition coefficient (Wildman–Crippen LogP) is 0.118. The number of aliphatic hydroxyl groups is 1. The lowest BCUT2D eigenvalue weighted by Crippen LogP contribution is -2.37. The minimum atomic E-state index is -2.81. The van der Waals surface area contributed by atoms with Crippen LogP contribution in [0, 0.1) is 5.92 Å². The third-order valence-electron chi connectivity index (χ3n) is 2.73. The number of alkyl halides is 2. The Morgan fingerprint density at radius 2 is 2.06 bits per heavy atom. The summed E-state index contributed by atoms with van der Waals surface area (Å²) in [6, 6.07) is 0. The third kappa shape index (κ3) is 4.85. The van der Waals surface area contributed by atoms with Crippen molar-refractivity contribution in [1.29, 1.82) is 0 Å². The number of halogens is 2. The summed E-state index contributed by atoms with van der Waals surface area (Å²) in [5.74, 6) is 0.0662. The molecule has 1 aliphatic rings. The molecule has 4 nitrogen and oxygen atoms in total. The Balaban J connectivity index is 2.14. The molecule has 94 valence electrons. The van der Waals surface area contributed by atoms with E-state index in [1.54, 1.807) is 0 Å². The van der Waals surface area contributed by atoms with E-state index < -0.39 is 12.5 Å². The molecule has 0 saturated carbocycles. The lowest BCUT2D eigenvalue weighted by atomic mass is 9.94. The van der Waals surface area contributed by atoms with Crippen molar-refractivity contribution in [1.82, 2.24) is 10.6 Å². The van der Waals surface area contributed by atoms with Gasteiger partial charge in [-0.25, -0.2) is 8.78 Å². The molecule has 3 N–H and O–H groups in total. The van der Waals surface area contributed by atoms with E-state index in [2.05, 4.69) is 10.6 Å². The fourth-order valence-corrected chi connectivity index (χ4v) is 1.73. The van der Waals surface area contributed by atoms with Gasteiger partial charge in [0.1, 0.15) is 6.10 Å². The smallest absolute Gasteiger partial charge is 0.265 e. The Kier molecular flexibility index (Phi) is 5.62. The molecule has 1 atom stereocenters. The minimum Gasteiger partial charge on any atom is -0.385 e. The van der Waals surface area contributed by atoms with Gasteiger partial charge in [0.05, 0.1) is 0 Å². The summed E-state index contributed by atoms with van der Waals surface area (Å²) in [7, 11) is 0. The number of hydrogen-bond donors (Lipinski definition) is 3. The molecule has 1 heterocycles. The van der Waals surface area contributed by atoms with Crippen molar-refractivity contribution < 1.29 is 18.7 Å². The quantitative estimate of drug-likeness (QED) is 0.635. The van der Waals surface area contributed by atoms with Gasteiger partial charge in [0, 0.05) is 13.0 Å². The summed E-state index contributed by atoms with van der Waals surface area (Å²) in [5.41, 5.74) is 0. The average molecular weight is 236 g/mol. The van der Waals surface area contributed by atoms with Crippen LogP contribution in [-0.2, 0) is 4.79 Å². The maximum Gasteiger partial charge on any atom is 0.265 e. The first kappa shape index (κ1) is 13.3. The topological polar surface area (TPSA) is 61.4 Å². The molecule has 6 heteroatoms. The van der Waals surface area contributed by atoms with Gasteiger partial charge in [-0.3, -0.25) is 4.79 Å². The first-order valence-electron chi connectivity index (χ1n) is 5.53. The fourth-order valence-electron chi connectivity index (χ4n) is 1.73. The van der Waals surface area contributed by atoms with E-state index in [4.69, 9.17) is 5.11 Å². The molecular formula is C10H18F2N2O2. The minimum absolute atomic E-state index is 0.258. The lowest BCUT2D eigenvalue weighted by molar-refractivity contribution is -0.123. The highest BCUT2D eigenvalue weighted by molar-refractivity contribution is 5.76. The van der Waals surface area contributed by atoms with Crippen molar-refractivity contribution in [2.75, 3.05) is 19.6 Å². The van der Waals surface area contributed by atoms with E-state index in [1.807, 2.05) is 0 Å². The van der Waals surface area contributed by atoms with E-state index in [-0.39, 0.29) is 12.5 Å². The number of carbonyl (C=O) groups excluding carboxylic acids is 1. The number of carbonyl (C=O) groups is 1. The van der Waals surface area contributed by atoms with Crippen LogP contribution in [0.5, 0.6) is 0 Å². The van der Waals surface area contributed by atoms with Gasteiger partial charge in [-0.2, -0.15) is 0 Å². The molecule has 0 aromatic carbocycles. The highest BCUT2D eigenvalue weighted by atomic mass is 19.3. The van der Waals surface area contributed by atoms with Gasteiger partial charge in [-0.05, 0) is 31.8 Å². The highest BCUT2D eigenvalue weighted by Crippen LogP contribution is 2.15. The van der Waals surface area contributed by atoms with Gasteiger partial charge in [-0.15, -0.1) is 0 Å². The first-order chi connectivity index (χ1) is 7.59. The normalized spacial score (nSPS) is 19.8. The number of amides is 1. The Bertz CT molecular complexity index is 221. The molecule has 0 bridgehead atoms. The molecule has 1 rings (SSSR count). The number of nitrogens with one attached hydrogen (secondary N) is 2. The Hall–Kier alpha value is -0.750. The molecule has 0 aromatic rings. The fraction of sp³-hybridized carbons (Fsp3) is 0.900. The number of piperidine rings is 1. The summed E-state index contributed by atoms with van der Waals surface area (Å²) in [6.45, 7) is 1.43. The van der Waals surface area contributed by atoms with Crippen molar-refractivity contribution in [3.8, 4) is 0 Å². The lowest BCUT2D eigenvalue weighted by Gasteiger charge is -2.22. The first-order valence-corrected chi connectivity index (χ1v) is 5.53. The molecule has 0 aliphatic carbocycles. The SMILES string of the molecule is O=C(CC1CCNCC1)NCC(O)C(F)F. The van der Waals surface area contributed by atoms with E-state index in [9.17, 15) is 13.6 Å². The van der Waals surface area contributed by atoms with Crippen molar-refractivity contribution >= 4 is 5.91 Å². The summed E-state index contributed by atoms with van der Waals surface area (Å²) in [5, 5.41) is 14.3. The molecule has 1 amide bonds. The average Bonchev–Trinajstić information content (AvgIpc) is 2.27. The molecule has 1 aliphatic heterocycles.